The molecule has 6 nitrogen and oxygen atoms in total. The van der Waals surface area contributed by atoms with Crippen LogP contribution in [0.1, 0.15) is 15.9 Å². The van der Waals surface area contributed by atoms with E-state index in [2.05, 4.69) is 10.6 Å². The average Bonchev–Trinajstić information content (AvgIpc) is 3.02. The monoisotopic (exact) mass is 587 g/mol. The Balaban J connectivity index is 1.55. The molecule has 4 rings (SSSR count). The first kappa shape index (κ1) is 26.8. The zero-order chi connectivity index (χ0) is 27.1. The smallest absolute Gasteiger partial charge is 0.350 e. The SMILES string of the molecule is O=C(Nc1ccc(Cl)c(C(F)(F)F)c1)c1cccc(NC2=C(Cl)C(=O)N(c3cc(Cl)cc(Cl)c3)C2=O)c1. The van der Waals surface area contributed by atoms with Gasteiger partial charge in [0.2, 0.25) is 0 Å². The van der Waals surface area contributed by atoms with Gasteiger partial charge in [0.15, 0.2) is 0 Å². The van der Waals surface area contributed by atoms with Gasteiger partial charge in [0.1, 0.15) is 10.7 Å². The van der Waals surface area contributed by atoms with E-state index < -0.39 is 39.5 Å². The Morgan fingerprint density at radius 1 is 0.811 bits per heavy atom. The molecule has 1 aliphatic heterocycles. The minimum atomic E-state index is -4.70. The molecule has 0 aliphatic carbocycles. The van der Waals surface area contributed by atoms with E-state index in [9.17, 15) is 27.6 Å². The number of rotatable bonds is 5. The first-order chi connectivity index (χ1) is 17.3. The van der Waals surface area contributed by atoms with Crippen LogP contribution in [-0.2, 0) is 15.8 Å². The summed E-state index contributed by atoms with van der Waals surface area (Å²) < 4.78 is 39.3. The van der Waals surface area contributed by atoms with Crippen molar-refractivity contribution in [3.05, 3.63) is 97.6 Å². The van der Waals surface area contributed by atoms with Crippen molar-refractivity contribution < 1.29 is 27.6 Å². The number of imide groups is 1. The largest absolute Gasteiger partial charge is 0.417 e. The summed E-state index contributed by atoms with van der Waals surface area (Å²) in [5, 5.41) is 4.56. The number of hydrogen-bond acceptors (Lipinski definition) is 4. The third-order valence-electron chi connectivity index (χ3n) is 5.06. The Kier molecular flexibility index (Phi) is 7.43. The summed E-state index contributed by atoms with van der Waals surface area (Å²) in [6.07, 6.45) is -4.70. The molecule has 13 heteroatoms. The standard InChI is InChI=1S/C24H12Cl4F3N3O3/c25-12-7-13(26)9-16(8-12)34-22(36)19(28)20(23(34)37)32-14-3-1-2-11(6-14)21(35)33-15-4-5-18(27)17(10-15)24(29,30)31/h1-10,32H,(H,33,35). The van der Waals surface area contributed by atoms with Gasteiger partial charge in [-0.15, -0.1) is 0 Å². The number of anilines is 3. The Morgan fingerprint density at radius 2 is 1.49 bits per heavy atom. The topological polar surface area (TPSA) is 78.5 Å². The van der Waals surface area contributed by atoms with Crippen LogP contribution in [0.4, 0.5) is 30.2 Å². The van der Waals surface area contributed by atoms with Crippen molar-refractivity contribution in [1.29, 1.82) is 0 Å². The molecule has 1 aliphatic rings. The second-order valence-corrected chi connectivity index (χ2v) is 9.27. The molecule has 0 fully saturated rings. The number of carbonyl (C=O) groups excluding carboxylic acids is 3. The Hall–Kier alpha value is -3.24. The first-order valence-electron chi connectivity index (χ1n) is 10.1. The van der Waals surface area contributed by atoms with Crippen LogP contribution in [0.15, 0.2) is 71.4 Å². The number of hydrogen-bond donors (Lipinski definition) is 2. The highest BCUT2D eigenvalue weighted by Crippen LogP contribution is 2.36. The second-order valence-electron chi connectivity index (χ2n) is 7.61. The quantitative estimate of drug-likeness (QED) is 0.305. The first-order valence-corrected chi connectivity index (χ1v) is 11.7. The molecule has 1 heterocycles. The Morgan fingerprint density at radius 3 is 2.14 bits per heavy atom. The van der Waals surface area contributed by atoms with Gasteiger partial charge in [0, 0.05) is 27.0 Å². The normalized spacial score (nSPS) is 13.9. The molecule has 0 spiro atoms. The van der Waals surface area contributed by atoms with Crippen LogP contribution in [0.2, 0.25) is 15.1 Å². The third-order valence-corrected chi connectivity index (χ3v) is 6.17. The molecule has 3 aromatic rings. The van der Waals surface area contributed by atoms with E-state index in [1.807, 2.05) is 0 Å². The zero-order valence-corrected chi connectivity index (χ0v) is 21.1. The number of nitrogens with zero attached hydrogens (tertiary/aromatic N) is 1. The van der Waals surface area contributed by atoms with E-state index in [4.69, 9.17) is 46.4 Å². The van der Waals surface area contributed by atoms with Gasteiger partial charge >= 0.3 is 6.18 Å². The fourth-order valence-electron chi connectivity index (χ4n) is 3.42. The number of amides is 3. The number of nitrogens with one attached hydrogen (secondary N) is 2. The molecule has 37 heavy (non-hydrogen) atoms. The molecular weight excluding hydrogens is 577 g/mol. The second kappa shape index (κ2) is 10.3. The van der Waals surface area contributed by atoms with E-state index >= 15 is 0 Å². The highest BCUT2D eigenvalue weighted by Gasteiger charge is 2.39. The van der Waals surface area contributed by atoms with Crippen molar-refractivity contribution in [3.8, 4) is 0 Å². The van der Waals surface area contributed by atoms with Crippen molar-refractivity contribution in [3.63, 3.8) is 0 Å². The molecule has 0 unspecified atom stereocenters. The van der Waals surface area contributed by atoms with Gasteiger partial charge in [0.25, 0.3) is 17.7 Å². The molecule has 3 aromatic carbocycles. The van der Waals surface area contributed by atoms with Crippen LogP contribution < -0.4 is 15.5 Å². The van der Waals surface area contributed by atoms with Gasteiger partial charge < -0.3 is 10.6 Å². The third kappa shape index (κ3) is 5.70. The number of halogens is 7. The van der Waals surface area contributed by atoms with Gasteiger partial charge in [-0.05, 0) is 54.6 Å². The Labute approximate surface area is 227 Å². The highest BCUT2D eigenvalue weighted by atomic mass is 35.5. The maximum atomic E-state index is 13.1. The fourth-order valence-corrected chi connectivity index (χ4v) is 4.37. The van der Waals surface area contributed by atoms with Gasteiger partial charge in [0.05, 0.1) is 16.3 Å². The van der Waals surface area contributed by atoms with Crippen LogP contribution in [0.3, 0.4) is 0 Å². The molecule has 0 saturated carbocycles. The summed E-state index contributed by atoms with van der Waals surface area (Å²) in [7, 11) is 0. The zero-order valence-electron chi connectivity index (χ0n) is 18.1. The lowest BCUT2D eigenvalue weighted by Gasteiger charge is -2.16. The van der Waals surface area contributed by atoms with Gasteiger partial charge in [-0.2, -0.15) is 13.2 Å². The Bertz CT molecular complexity index is 1470. The van der Waals surface area contributed by atoms with Crippen LogP contribution in [-0.4, -0.2) is 17.7 Å². The molecule has 3 amide bonds. The van der Waals surface area contributed by atoms with E-state index in [0.29, 0.717) is 6.07 Å². The van der Waals surface area contributed by atoms with Crippen LogP contribution in [0, 0.1) is 0 Å². The molecular formula is C24H12Cl4F3N3O3. The van der Waals surface area contributed by atoms with Crippen LogP contribution in [0.5, 0.6) is 0 Å². The molecule has 0 bridgehead atoms. The van der Waals surface area contributed by atoms with Gasteiger partial charge in [-0.3, -0.25) is 14.4 Å². The highest BCUT2D eigenvalue weighted by molar-refractivity contribution is 6.53. The number of carbonyl (C=O) groups is 3. The van der Waals surface area contributed by atoms with Crippen molar-refractivity contribution in [2.45, 2.75) is 6.18 Å². The molecule has 0 atom stereocenters. The minimum absolute atomic E-state index is 0.0421. The van der Waals surface area contributed by atoms with E-state index in [0.717, 1.165) is 11.0 Å². The molecule has 2 N–H and O–H groups in total. The molecule has 190 valence electrons. The van der Waals surface area contributed by atoms with Crippen LogP contribution >= 0.6 is 46.4 Å². The number of benzene rings is 3. The maximum Gasteiger partial charge on any atom is 0.417 e. The van der Waals surface area contributed by atoms with Gasteiger partial charge in [-0.25, -0.2) is 4.90 Å². The van der Waals surface area contributed by atoms with E-state index in [1.165, 1.54) is 48.5 Å². The minimum Gasteiger partial charge on any atom is -0.350 e. The van der Waals surface area contributed by atoms with Crippen LogP contribution in [0.25, 0.3) is 0 Å². The van der Waals surface area contributed by atoms with Crippen molar-refractivity contribution in [2.24, 2.45) is 0 Å². The lowest BCUT2D eigenvalue weighted by atomic mass is 10.1. The molecule has 0 saturated heterocycles. The van der Waals surface area contributed by atoms with Crippen molar-refractivity contribution >= 4 is 81.2 Å². The lowest BCUT2D eigenvalue weighted by Crippen LogP contribution is -2.32. The number of alkyl halides is 3. The summed E-state index contributed by atoms with van der Waals surface area (Å²) in [5.74, 6) is -2.34. The lowest BCUT2D eigenvalue weighted by molar-refractivity contribution is -0.137. The predicted octanol–water partition coefficient (Wildman–Crippen LogP) is 7.35. The summed E-state index contributed by atoms with van der Waals surface area (Å²) in [6.45, 7) is 0. The van der Waals surface area contributed by atoms with E-state index in [1.54, 1.807) is 0 Å². The predicted molar refractivity (Wildman–Crippen MR) is 136 cm³/mol. The summed E-state index contributed by atoms with van der Waals surface area (Å²) in [5.41, 5.74) is -1.12. The summed E-state index contributed by atoms with van der Waals surface area (Å²) in [6, 6.07) is 12.8. The molecule has 0 aromatic heterocycles. The van der Waals surface area contributed by atoms with Crippen molar-refractivity contribution in [2.75, 3.05) is 15.5 Å². The van der Waals surface area contributed by atoms with Crippen molar-refractivity contribution in [1.82, 2.24) is 0 Å². The van der Waals surface area contributed by atoms with Gasteiger partial charge in [-0.1, -0.05) is 52.5 Å². The molecule has 0 radical (unpaired) electrons. The maximum absolute atomic E-state index is 13.1. The van der Waals surface area contributed by atoms with E-state index in [-0.39, 0.29) is 38.4 Å². The fraction of sp³-hybridized carbons (Fsp3) is 0.0417. The summed E-state index contributed by atoms with van der Waals surface area (Å²) >= 11 is 23.7. The summed E-state index contributed by atoms with van der Waals surface area (Å²) in [4.78, 5) is 39.1. The average molecular weight is 589 g/mol.